The van der Waals surface area contributed by atoms with Gasteiger partial charge in [0.2, 0.25) is 5.91 Å². The fourth-order valence-corrected chi connectivity index (χ4v) is 5.49. The summed E-state index contributed by atoms with van der Waals surface area (Å²) in [6.45, 7) is 1.66. The molecule has 32 heavy (non-hydrogen) atoms. The number of amides is 1. The predicted molar refractivity (Wildman–Crippen MR) is 110 cm³/mol. The van der Waals surface area contributed by atoms with Crippen molar-refractivity contribution < 1.29 is 23.1 Å². The topological polar surface area (TPSA) is 93.2 Å². The lowest BCUT2D eigenvalue weighted by molar-refractivity contribution is -0.172. The van der Waals surface area contributed by atoms with E-state index in [4.69, 9.17) is 0 Å². The summed E-state index contributed by atoms with van der Waals surface area (Å²) in [5.74, 6) is -1.70. The minimum Gasteiger partial charge on any atom is -0.387 e. The molecule has 1 spiro atoms. The highest BCUT2D eigenvalue weighted by Gasteiger charge is 2.56. The molecular weight excluding hydrogens is 427 g/mol. The van der Waals surface area contributed by atoms with Crippen molar-refractivity contribution in [3.05, 3.63) is 22.9 Å². The van der Waals surface area contributed by atoms with Gasteiger partial charge in [-0.15, -0.1) is 0 Å². The molecule has 8 nitrogen and oxygen atoms in total. The van der Waals surface area contributed by atoms with Crippen LogP contribution in [-0.4, -0.2) is 60.1 Å². The van der Waals surface area contributed by atoms with Crippen LogP contribution in [0.25, 0.3) is 11.0 Å². The number of hydrogen-bond donors (Lipinski definition) is 1. The largest absolute Gasteiger partial charge is 0.389 e. The zero-order valence-corrected chi connectivity index (χ0v) is 18.2. The van der Waals surface area contributed by atoms with Crippen LogP contribution in [0.5, 0.6) is 0 Å². The van der Waals surface area contributed by atoms with Gasteiger partial charge in [-0.25, -0.2) is 4.98 Å². The summed E-state index contributed by atoms with van der Waals surface area (Å²) in [6, 6.07) is 0. The van der Waals surface area contributed by atoms with E-state index in [0.29, 0.717) is 23.9 Å². The van der Waals surface area contributed by atoms with Crippen LogP contribution in [-0.2, 0) is 18.4 Å². The molecule has 1 aliphatic heterocycles. The van der Waals surface area contributed by atoms with E-state index in [2.05, 4.69) is 10.1 Å². The molecule has 1 saturated carbocycles. The Balaban J connectivity index is 1.59. The van der Waals surface area contributed by atoms with Crippen molar-refractivity contribution in [1.29, 1.82) is 0 Å². The van der Waals surface area contributed by atoms with Gasteiger partial charge in [0.05, 0.1) is 24.8 Å². The number of carbonyl (C=O) groups is 1. The maximum Gasteiger partial charge on any atom is 0.389 e. The molecule has 3 heterocycles. The van der Waals surface area contributed by atoms with Crippen molar-refractivity contribution in [1.82, 2.24) is 24.2 Å². The fraction of sp³-hybridized carbons (Fsp3) is 0.714. The maximum absolute atomic E-state index is 12.9. The van der Waals surface area contributed by atoms with E-state index in [1.54, 1.807) is 7.05 Å². The molecule has 2 aromatic heterocycles. The van der Waals surface area contributed by atoms with E-state index in [1.807, 2.05) is 0 Å². The van der Waals surface area contributed by atoms with Crippen LogP contribution in [0.2, 0.25) is 0 Å². The Morgan fingerprint density at radius 3 is 2.62 bits per heavy atom. The third-order valence-corrected chi connectivity index (χ3v) is 7.26. The number of hydrogen-bond acceptors (Lipinski definition) is 5. The molecule has 4 rings (SSSR count). The molecular formula is C21H28F3N5O3. The molecule has 2 unspecified atom stereocenters. The highest BCUT2D eigenvalue weighted by Crippen LogP contribution is 2.51. The van der Waals surface area contributed by atoms with E-state index in [0.717, 1.165) is 12.8 Å². The molecule has 2 aliphatic rings. The van der Waals surface area contributed by atoms with E-state index in [9.17, 15) is 27.9 Å². The minimum atomic E-state index is -4.41. The molecule has 2 fully saturated rings. The summed E-state index contributed by atoms with van der Waals surface area (Å²) in [6.07, 6.45) is 0.483. The fourth-order valence-electron chi connectivity index (χ4n) is 5.49. The van der Waals surface area contributed by atoms with Crippen molar-refractivity contribution in [2.45, 2.75) is 63.8 Å². The summed E-state index contributed by atoms with van der Waals surface area (Å²) in [5, 5.41) is 16.2. The molecule has 0 aromatic carbocycles. The van der Waals surface area contributed by atoms with E-state index in [-0.39, 0.29) is 31.6 Å². The first-order valence-corrected chi connectivity index (χ1v) is 10.9. The van der Waals surface area contributed by atoms with Crippen molar-refractivity contribution in [2.24, 2.45) is 18.4 Å². The number of fused-ring (bicyclic) bond motifs is 1. The molecule has 1 saturated heterocycles. The van der Waals surface area contributed by atoms with Crippen molar-refractivity contribution in [3.8, 4) is 0 Å². The molecule has 2 atom stereocenters. The monoisotopic (exact) mass is 455 g/mol. The zero-order valence-electron chi connectivity index (χ0n) is 18.2. The summed E-state index contributed by atoms with van der Waals surface area (Å²) in [7, 11) is 1.69. The van der Waals surface area contributed by atoms with Gasteiger partial charge in [0.15, 0.2) is 5.65 Å². The lowest BCUT2D eigenvalue weighted by atomic mass is 9.65. The van der Waals surface area contributed by atoms with E-state index >= 15 is 0 Å². The van der Waals surface area contributed by atoms with Crippen LogP contribution in [0.3, 0.4) is 0 Å². The van der Waals surface area contributed by atoms with Crippen LogP contribution in [0, 0.1) is 11.3 Å². The number of alkyl halides is 3. The van der Waals surface area contributed by atoms with Crippen molar-refractivity contribution in [2.75, 3.05) is 13.1 Å². The van der Waals surface area contributed by atoms with Gasteiger partial charge in [-0.3, -0.25) is 18.8 Å². The first-order chi connectivity index (χ1) is 14.9. The Bertz CT molecular complexity index is 1070. The number of piperidine rings is 1. The number of halogens is 3. The van der Waals surface area contributed by atoms with Gasteiger partial charge in [0.25, 0.3) is 5.56 Å². The van der Waals surface area contributed by atoms with Crippen molar-refractivity contribution >= 4 is 16.9 Å². The second kappa shape index (κ2) is 7.86. The predicted octanol–water partition coefficient (Wildman–Crippen LogP) is 2.24. The first kappa shape index (κ1) is 22.8. The van der Waals surface area contributed by atoms with Gasteiger partial charge in [-0.2, -0.15) is 18.3 Å². The third-order valence-electron chi connectivity index (χ3n) is 7.26. The quantitative estimate of drug-likeness (QED) is 0.763. The average molecular weight is 455 g/mol. The Labute approximate surface area is 183 Å². The van der Waals surface area contributed by atoms with Crippen LogP contribution in [0.1, 0.15) is 45.4 Å². The molecule has 11 heteroatoms. The zero-order chi connectivity index (χ0) is 23.3. The first-order valence-electron chi connectivity index (χ1n) is 10.9. The summed E-state index contributed by atoms with van der Waals surface area (Å²) < 4.78 is 41.2. The smallest absolute Gasteiger partial charge is 0.387 e. The highest BCUT2D eigenvalue weighted by atomic mass is 19.4. The summed E-state index contributed by atoms with van der Waals surface area (Å²) in [4.78, 5) is 31.5. The van der Waals surface area contributed by atoms with Crippen molar-refractivity contribution in [3.63, 3.8) is 0 Å². The third kappa shape index (κ3) is 3.91. The average Bonchev–Trinajstić information content (AvgIpc) is 3.33. The van der Waals surface area contributed by atoms with Crippen LogP contribution < -0.4 is 5.56 Å². The molecule has 0 bridgehead atoms. The lowest BCUT2D eigenvalue weighted by Gasteiger charge is -2.52. The van der Waals surface area contributed by atoms with Gasteiger partial charge in [0.1, 0.15) is 11.7 Å². The summed E-state index contributed by atoms with van der Waals surface area (Å²) in [5.41, 5.74) is -1.79. The number of carbonyl (C=O) groups excluding carboxylic acids is 1. The molecule has 1 N–H and O–H groups in total. The second-order valence-electron chi connectivity index (χ2n) is 9.43. The number of aryl methyl sites for hydroxylation is 1. The van der Waals surface area contributed by atoms with E-state index in [1.165, 1.54) is 33.6 Å². The Hall–Kier alpha value is -2.43. The van der Waals surface area contributed by atoms with Crippen LogP contribution in [0.4, 0.5) is 13.2 Å². The number of likely N-dealkylation sites (tertiary alicyclic amines) is 1. The second-order valence-corrected chi connectivity index (χ2v) is 9.43. The number of nitrogens with zero attached hydrogens (tertiary/aromatic N) is 5. The molecule has 176 valence electrons. The number of aliphatic hydroxyl groups is 1. The SMILES string of the molecule is CC(CC(F)(F)F)C(=O)N1CCC(O)(Cn2cnc3c(cnn3C)c2=O)C2(CCCC2)C1. The number of rotatable bonds is 4. The van der Waals surface area contributed by atoms with Crippen LogP contribution >= 0.6 is 0 Å². The molecule has 1 aliphatic carbocycles. The normalized spacial score (nSPS) is 24.4. The molecule has 2 aromatic rings. The maximum atomic E-state index is 12.9. The number of aromatic nitrogens is 4. The van der Waals surface area contributed by atoms with Crippen LogP contribution in [0.15, 0.2) is 17.3 Å². The molecule has 0 radical (unpaired) electrons. The van der Waals surface area contributed by atoms with Gasteiger partial charge < -0.3 is 10.0 Å². The van der Waals surface area contributed by atoms with Gasteiger partial charge in [-0.1, -0.05) is 19.8 Å². The van der Waals surface area contributed by atoms with Gasteiger partial charge in [-0.05, 0) is 19.3 Å². The Morgan fingerprint density at radius 1 is 1.28 bits per heavy atom. The van der Waals surface area contributed by atoms with Gasteiger partial charge in [0, 0.05) is 31.5 Å². The lowest BCUT2D eigenvalue weighted by Crippen LogP contribution is -2.62. The Morgan fingerprint density at radius 2 is 1.97 bits per heavy atom. The van der Waals surface area contributed by atoms with Gasteiger partial charge >= 0.3 is 6.18 Å². The van der Waals surface area contributed by atoms with E-state index < -0.39 is 35.4 Å². The summed E-state index contributed by atoms with van der Waals surface area (Å²) >= 11 is 0. The molecule has 1 amide bonds. The highest BCUT2D eigenvalue weighted by molar-refractivity contribution is 5.78. The standard InChI is InChI=1S/C21H28F3N5O3/c1-14(9-21(22,23)24)17(30)28-8-7-20(32,19(11-28)5-3-4-6-19)12-29-13-25-16-15(18(29)31)10-26-27(16)2/h10,13-14,32H,3-9,11-12H2,1-2H3. The minimum absolute atomic E-state index is 0.0177. The Kier molecular flexibility index (Phi) is 5.59.